The molecule has 102 valence electrons. The van der Waals surface area contributed by atoms with Crippen LogP contribution in [0.2, 0.25) is 0 Å². The molecule has 1 atom stereocenters. The fraction of sp³-hybridized carbons (Fsp3) is 0.562. The molecule has 0 aromatic heterocycles. The van der Waals surface area contributed by atoms with Gasteiger partial charge in [0, 0.05) is 11.1 Å². The Morgan fingerprint density at radius 1 is 1.37 bits per heavy atom. The van der Waals surface area contributed by atoms with E-state index in [0.717, 1.165) is 11.1 Å². The minimum atomic E-state index is -1.43. The highest BCUT2D eigenvalue weighted by Crippen LogP contribution is 2.43. The third kappa shape index (κ3) is 2.46. The summed E-state index contributed by atoms with van der Waals surface area (Å²) in [6.45, 7) is 8.87. The number of hydrogen-bond donors (Lipinski definition) is 1. The number of aryl methyl sites for hydroxylation is 1. The van der Waals surface area contributed by atoms with Crippen molar-refractivity contribution in [2.24, 2.45) is 0 Å². The van der Waals surface area contributed by atoms with Gasteiger partial charge in [-0.15, -0.1) is 0 Å². The fourth-order valence-electron chi connectivity index (χ4n) is 2.55. The van der Waals surface area contributed by atoms with Crippen molar-refractivity contribution < 1.29 is 9.84 Å². The standard InChI is InChI=1S/C16H21NO2/c1-11-8-12(15(2,3)4)14-13(9-11)16(18,10-17)6-5-7-19-14/h8-9,18H,5-7H2,1-4H3. The average Bonchev–Trinajstić information content (AvgIpc) is 2.48. The van der Waals surface area contributed by atoms with Crippen molar-refractivity contribution in [2.45, 2.75) is 51.6 Å². The summed E-state index contributed by atoms with van der Waals surface area (Å²) in [7, 11) is 0. The highest BCUT2D eigenvalue weighted by molar-refractivity contribution is 5.52. The second-order valence-corrected chi connectivity index (χ2v) is 6.36. The van der Waals surface area contributed by atoms with Crippen LogP contribution in [0.5, 0.6) is 5.75 Å². The van der Waals surface area contributed by atoms with Gasteiger partial charge in [0.1, 0.15) is 11.8 Å². The zero-order chi connectivity index (χ0) is 14.3. The number of nitrogens with zero attached hydrogens (tertiary/aromatic N) is 1. The SMILES string of the molecule is Cc1cc(C(C)(C)C)c2c(c1)C(O)(C#N)CCCO2. The molecule has 0 amide bonds. The lowest BCUT2D eigenvalue weighted by molar-refractivity contribution is 0.0883. The van der Waals surface area contributed by atoms with Crippen LogP contribution in [0.3, 0.4) is 0 Å². The number of ether oxygens (including phenoxy) is 1. The van der Waals surface area contributed by atoms with E-state index in [1.54, 1.807) is 0 Å². The molecule has 0 radical (unpaired) electrons. The largest absolute Gasteiger partial charge is 0.493 e. The van der Waals surface area contributed by atoms with Gasteiger partial charge in [-0.25, -0.2) is 0 Å². The van der Waals surface area contributed by atoms with Crippen molar-refractivity contribution in [2.75, 3.05) is 6.61 Å². The van der Waals surface area contributed by atoms with E-state index in [-0.39, 0.29) is 5.41 Å². The third-order valence-electron chi connectivity index (χ3n) is 3.60. The van der Waals surface area contributed by atoms with Crippen LogP contribution in [0.15, 0.2) is 12.1 Å². The monoisotopic (exact) mass is 259 g/mol. The number of nitriles is 1. The number of aliphatic hydroxyl groups is 1. The van der Waals surface area contributed by atoms with E-state index in [1.165, 1.54) is 0 Å². The molecular weight excluding hydrogens is 238 g/mol. The zero-order valence-electron chi connectivity index (χ0n) is 12.1. The van der Waals surface area contributed by atoms with Crippen molar-refractivity contribution >= 4 is 0 Å². The number of hydrogen-bond acceptors (Lipinski definition) is 3. The molecule has 0 saturated carbocycles. The lowest BCUT2D eigenvalue weighted by atomic mass is 9.80. The molecule has 1 heterocycles. The molecule has 1 aromatic rings. The molecule has 0 spiro atoms. The molecule has 0 saturated heterocycles. The summed E-state index contributed by atoms with van der Waals surface area (Å²) in [4.78, 5) is 0. The van der Waals surface area contributed by atoms with Gasteiger partial charge in [0.2, 0.25) is 0 Å². The Bertz CT molecular complexity index is 537. The van der Waals surface area contributed by atoms with Crippen LogP contribution >= 0.6 is 0 Å². The second kappa shape index (κ2) is 4.54. The average molecular weight is 259 g/mol. The van der Waals surface area contributed by atoms with E-state index in [1.807, 2.05) is 13.0 Å². The Morgan fingerprint density at radius 3 is 2.63 bits per heavy atom. The molecule has 0 fully saturated rings. The van der Waals surface area contributed by atoms with Gasteiger partial charge in [0.05, 0.1) is 6.61 Å². The van der Waals surface area contributed by atoms with Crippen LogP contribution in [-0.2, 0) is 11.0 Å². The minimum absolute atomic E-state index is 0.0865. The Labute approximate surface area is 114 Å². The summed E-state index contributed by atoms with van der Waals surface area (Å²) in [6.07, 6.45) is 1.10. The molecule has 1 N–H and O–H groups in total. The molecule has 1 aliphatic rings. The lowest BCUT2D eigenvalue weighted by Gasteiger charge is -2.27. The highest BCUT2D eigenvalue weighted by Gasteiger charge is 2.37. The van der Waals surface area contributed by atoms with E-state index in [9.17, 15) is 10.4 Å². The maximum absolute atomic E-state index is 10.6. The normalized spacial score (nSPS) is 22.9. The minimum Gasteiger partial charge on any atom is -0.493 e. The van der Waals surface area contributed by atoms with Gasteiger partial charge >= 0.3 is 0 Å². The molecule has 0 bridgehead atoms. The summed E-state index contributed by atoms with van der Waals surface area (Å²) in [6, 6.07) is 6.02. The summed E-state index contributed by atoms with van der Waals surface area (Å²) in [5, 5.41) is 19.9. The Balaban J connectivity index is 2.74. The molecule has 2 rings (SSSR count). The van der Waals surface area contributed by atoms with Gasteiger partial charge in [-0.1, -0.05) is 32.4 Å². The van der Waals surface area contributed by atoms with E-state index in [2.05, 4.69) is 32.9 Å². The second-order valence-electron chi connectivity index (χ2n) is 6.36. The number of benzene rings is 1. The lowest BCUT2D eigenvalue weighted by Crippen LogP contribution is -2.24. The van der Waals surface area contributed by atoms with Crippen molar-refractivity contribution in [1.82, 2.24) is 0 Å². The summed E-state index contributed by atoms with van der Waals surface area (Å²) in [5.74, 6) is 0.694. The van der Waals surface area contributed by atoms with Gasteiger partial charge in [-0.2, -0.15) is 5.26 Å². The topological polar surface area (TPSA) is 53.2 Å². The Kier molecular flexibility index (Phi) is 3.32. The van der Waals surface area contributed by atoms with Gasteiger partial charge < -0.3 is 9.84 Å². The van der Waals surface area contributed by atoms with Crippen molar-refractivity contribution in [3.63, 3.8) is 0 Å². The molecule has 3 heteroatoms. The number of fused-ring (bicyclic) bond motifs is 1. The third-order valence-corrected chi connectivity index (χ3v) is 3.60. The molecule has 1 aliphatic heterocycles. The predicted octanol–water partition coefficient (Wildman–Crippen LogP) is 3.18. The van der Waals surface area contributed by atoms with Crippen molar-refractivity contribution in [1.29, 1.82) is 5.26 Å². The molecular formula is C16H21NO2. The van der Waals surface area contributed by atoms with Crippen LogP contribution < -0.4 is 4.74 Å². The highest BCUT2D eigenvalue weighted by atomic mass is 16.5. The maximum Gasteiger partial charge on any atom is 0.180 e. The maximum atomic E-state index is 10.6. The van der Waals surface area contributed by atoms with Gasteiger partial charge in [0.15, 0.2) is 5.60 Å². The Hall–Kier alpha value is -1.53. The van der Waals surface area contributed by atoms with Crippen molar-refractivity contribution in [3.8, 4) is 11.8 Å². The predicted molar refractivity (Wildman–Crippen MR) is 74.1 cm³/mol. The summed E-state index contributed by atoms with van der Waals surface area (Å²) in [5.41, 5.74) is 1.20. The quantitative estimate of drug-likeness (QED) is 0.728. The van der Waals surface area contributed by atoms with E-state index in [0.29, 0.717) is 30.8 Å². The molecule has 3 nitrogen and oxygen atoms in total. The van der Waals surface area contributed by atoms with Crippen LogP contribution in [-0.4, -0.2) is 11.7 Å². The summed E-state index contributed by atoms with van der Waals surface area (Å²) < 4.78 is 5.85. The van der Waals surface area contributed by atoms with Crippen LogP contribution in [0.4, 0.5) is 0 Å². The molecule has 1 aromatic carbocycles. The van der Waals surface area contributed by atoms with Gasteiger partial charge in [-0.05, 0) is 31.2 Å². The molecule has 1 unspecified atom stereocenters. The van der Waals surface area contributed by atoms with Crippen LogP contribution in [0.25, 0.3) is 0 Å². The first-order chi connectivity index (χ1) is 8.78. The van der Waals surface area contributed by atoms with Gasteiger partial charge in [0.25, 0.3) is 0 Å². The first kappa shape index (κ1) is 13.9. The zero-order valence-corrected chi connectivity index (χ0v) is 12.1. The van der Waals surface area contributed by atoms with Crippen molar-refractivity contribution in [3.05, 3.63) is 28.8 Å². The van der Waals surface area contributed by atoms with E-state index >= 15 is 0 Å². The first-order valence-electron chi connectivity index (χ1n) is 6.70. The van der Waals surface area contributed by atoms with Gasteiger partial charge in [-0.3, -0.25) is 0 Å². The fourth-order valence-corrected chi connectivity index (χ4v) is 2.55. The molecule has 0 aliphatic carbocycles. The van der Waals surface area contributed by atoms with Crippen LogP contribution in [0, 0.1) is 18.3 Å². The smallest absolute Gasteiger partial charge is 0.180 e. The summed E-state index contributed by atoms with van der Waals surface area (Å²) >= 11 is 0. The Morgan fingerprint density at radius 2 is 2.05 bits per heavy atom. The number of rotatable bonds is 0. The first-order valence-corrected chi connectivity index (χ1v) is 6.70. The van der Waals surface area contributed by atoms with E-state index < -0.39 is 5.60 Å². The molecule has 19 heavy (non-hydrogen) atoms. The van der Waals surface area contributed by atoms with Crippen LogP contribution in [0.1, 0.15) is 50.3 Å². The van der Waals surface area contributed by atoms with E-state index in [4.69, 9.17) is 4.74 Å².